The normalized spacial score (nSPS) is 10.1. The van der Waals surface area contributed by atoms with Gasteiger partial charge in [-0.2, -0.15) is 0 Å². The second-order valence-corrected chi connectivity index (χ2v) is 4.65. The van der Waals surface area contributed by atoms with E-state index in [2.05, 4.69) is 4.98 Å². The number of aromatic carboxylic acids is 1. The number of nitro groups is 1. The van der Waals surface area contributed by atoms with Crippen molar-refractivity contribution in [2.75, 3.05) is 0 Å². The fraction of sp³-hybridized carbons (Fsp3) is 0. The lowest BCUT2D eigenvalue weighted by Crippen LogP contribution is -1.99. The van der Waals surface area contributed by atoms with E-state index >= 15 is 0 Å². The zero-order valence-electron chi connectivity index (χ0n) is 9.52. The molecule has 0 saturated heterocycles. The molecule has 1 aromatic carbocycles. The molecule has 0 amide bonds. The molecule has 6 nitrogen and oxygen atoms in total. The third-order valence-electron chi connectivity index (χ3n) is 2.28. The number of benzene rings is 1. The molecule has 0 aliphatic rings. The molecule has 0 spiro atoms. The van der Waals surface area contributed by atoms with Crippen molar-refractivity contribution in [1.82, 2.24) is 4.98 Å². The molecule has 0 fully saturated rings. The van der Waals surface area contributed by atoms with Crippen LogP contribution in [0.2, 0.25) is 0 Å². The fourth-order valence-electron chi connectivity index (χ4n) is 1.41. The SMILES string of the molecule is O=C(O)c1ccc(Sc2ccncc2)c([N+](=O)[O-])c1. The van der Waals surface area contributed by atoms with E-state index in [0.29, 0.717) is 4.90 Å². The minimum absolute atomic E-state index is 0.106. The van der Waals surface area contributed by atoms with E-state index in [1.165, 1.54) is 23.9 Å². The summed E-state index contributed by atoms with van der Waals surface area (Å²) in [5, 5.41) is 19.8. The van der Waals surface area contributed by atoms with Gasteiger partial charge in [0.1, 0.15) is 0 Å². The number of carbonyl (C=O) groups is 1. The van der Waals surface area contributed by atoms with Crippen LogP contribution in [0.1, 0.15) is 10.4 Å². The number of nitro benzene ring substituents is 1. The third-order valence-corrected chi connectivity index (χ3v) is 3.35. The van der Waals surface area contributed by atoms with E-state index in [1.54, 1.807) is 24.5 Å². The predicted octanol–water partition coefficient (Wildman–Crippen LogP) is 2.84. The average Bonchev–Trinajstić information content (AvgIpc) is 2.39. The van der Waals surface area contributed by atoms with Crippen LogP contribution in [-0.2, 0) is 0 Å². The first-order valence-corrected chi connectivity index (χ1v) is 5.99. The van der Waals surface area contributed by atoms with Gasteiger partial charge in [0, 0.05) is 23.4 Å². The third kappa shape index (κ3) is 3.08. The highest BCUT2D eigenvalue weighted by molar-refractivity contribution is 7.99. The fourth-order valence-corrected chi connectivity index (χ4v) is 2.30. The molecule has 0 atom stereocenters. The van der Waals surface area contributed by atoms with Crippen LogP contribution in [0, 0.1) is 10.1 Å². The molecule has 1 heterocycles. The Kier molecular flexibility index (Phi) is 3.76. The molecule has 1 N–H and O–H groups in total. The standard InChI is InChI=1S/C12H8N2O4S/c15-12(16)8-1-2-11(10(7-8)14(17)18)19-9-3-5-13-6-4-9/h1-7H,(H,15,16). The van der Waals surface area contributed by atoms with Gasteiger partial charge < -0.3 is 5.11 Å². The van der Waals surface area contributed by atoms with Crippen molar-refractivity contribution in [3.63, 3.8) is 0 Å². The van der Waals surface area contributed by atoms with Gasteiger partial charge in [0.15, 0.2) is 0 Å². The number of pyridine rings is 1. The van der Waals surface area contributed by atoms with Crippen molar-refractivity contribution in [1.29, 1.82) is 0 Å². The number of hydrogen-bond acceptors (Lipinski definition) is 5. The van der Waals surface area contributed by atoms with Crippen molar-refractivity contribution in [2.45, 2.75) is 9.79 Å². The molecule has 2 rings (SSSR count). The van der Waals surface area contributed by atoms with Gasteiger partial charge in [0.2, 0.25) is 0 Å². The van der Waals surface area contributed by atoms with Gasteiger partial charge >= 0.3 is 5.97 Å². The first-order chi connectivity index (χ1) is 9.08. The molecule has 19 heavy (non-hydrogen) atoms. The first kappa shape index (κ1) is 13.0. The number of carboxylic acids is 1. The lowest BCUT2D eigenvalue weighted by molar-refractivity contribution is -0.387. The highest BCUT2D eigenvalue weighted by atomic mass is 32.2. The highest BCUT2D eigenvalue weighted by Crippen LogP contribution is 2.34. The zero-order valence-corrected chi connectivity index (χ0v) is 10.3. The van der Waals surface area contributed by atoms with Crippen molar-refractivity contribution in [3.05, 3.63) is 58.4 Å². The van der Waals surface area contributed by atoms with E-state index in [-0.39, 0.29) is 11.3 Å². The Hall–Kier alpha value is -2.41. The zero-order chi connectivity index (χ0) is 13.8. The van der Waals surface area contributed by atoms with E-state index < -0.39 is 10.9 Å². The van der Waals surface area contributed by atoms with Crippen LogP contribution in [-0.4, -0.2) is 21.0 Å². The second kappa shape index (κ2) is 5.49. The quantitative estimate of drug-likeness (QED) is 0.681. The van der Waals surface area contributed by atoms with Crippen molar-refractivity contribution < 1.29 is 14.8 Å². The van der Waals surface area contributed by atoms with E-state index in [9.17, 15) is 14.9 Å². The smallest absolute Gasteiger partial charge is 0.335 e. The lowest BCUT2D eigenvalue weighted by atomic mass is 10.2. The molecule has 0 bridgehead atoms. The number of rotatable bonds is 4. The Morgan fingerprint density at radius 3 is 2.53 bits per heavy atom. The highest BCUT2D eigenvalue weighted by Gasteiger charge is 2.18. The summed E-state index contributed by atoms with van der Waals surface area (Å²) in [5.41, 5.74) is -0.326. The molecule has 0 saturated carbocycles. The maximum absolute atomic E-state index is 11.0. The molecule has 1 aromatic heterocycles. The van der Waals surface area contributed by atoms with Gasteiger partial charge in [0.05, 0.1) is 15.4 Å². The monoisotopic (exact) mass is 276 g/mol. The molecular formula is C12H8N2O4S. The average molecular weight is 276 g/mol. The van der Waals surface area contributed by atoms with Crippen molar-refractivity contribution >= 4 is 23.4 Å². The van der Waals surface area contributed by atoms with E-state index in [4.69, 9.17) is 5.11 Å². The minimum atomic E-state index is -1.19. The number of nitrogens with zero attached hydrogens (tertiary/aromatic N) is 2. The topological polar surface area (TPSA) is 93.3 Å². The summed E-state index contributed by atoms with van der Waals surface area (Å²) < 4.78 is 0. The van der Waals surface area contributed by atoms with Gasteiger partial charge in [-0.15, -0.1) is 0 Å². The Morgan fingerprint density at radius 1 is 1.26 bits per heavy atom. The predicted molar refractivity (Wildman–Crippen MR) is 68.4 cm³/mol. The molecule has 0 unspecified atom stereocenters. The van der Waals surface area contributed by atoms with Crippen LogP contribution < -0.4 is 0 Å². The summed E-state index contributed by atoms with van der Waals surface area (Å²) in [5.74, 6) is -1.19. The summed E-state index contributed by atoms with van der Waals surface area (Å²) >= 11 is 1.19. The van der Waals surface area contributed by atoms with Gasteiger partial charge in [-0.1, -0.05) is 11.8 Å². The van der Waals surface area contributed by atoms with Crippen molar-refractivity contribution in [2.24, 2.45) is 0 Å². The second-order valence-electron chi connectivity index (χ2n) is 3.53. The van der Waals surface area contributed by atoms with Crippen LogP contribution in [0.3, 0.4) is 0 Å². The first-order valence-electron chi connectivity index (χ1n) is 5.17. The molecule has 7 heteroatoms. The Balaban J connectivity index is 2.40. The molecule has 0 aliphatic carbocycles. The summed E-state index contributed by atoms with van der Waals surface area (Å²) in [6, 6.07) is 7.29. The summed E-state index contributed by atoms with van der Waals surface area (Å²) in [4.78, 5) is 26.2. The van der Waals surface area contributed by atoms with E-state index in [0.717, 1.165) is 11.0 Å². The lowest BCUT2D eigenvalue weighted by Gasteiger charge is -2.03. The molecule has 96 valence electrons. The number of aromatic nitrogens is 1. The number of hydrogen-bond donors (Lipinski definition) is 1. The van der Waals surface area contributed by atoms with Crippen molar-refractivity contribution in [3.8, 4) is 0 Å². The van der Waals surface area contributed by atoms with Gasteiger partial charge in [0.25, 0.3) is 5.69 Å². The summed E-state index contributed by atoms with van der Waals surface area (Å²) in [7, 11) is 0. The van der Waals surface area contributed by atoms with Crippen LogP contribution in [0.4, 0.5) is 5.69 Å². The largest absolute Gasteiger partial charge is 0.478 e. The molecule has 0 radical (unpaired) electrons. The molecular weight excluding hydrogens is 268 g/mol. The van der Waals surface area contributed by atoms with Crippen LogP contribution in [0.15, 0.2) is 52.5 Å². The van der Waals surface area contributed by atoms with Crippen LogP contribution in [0.5, 0.6) is 0 Å². The molecule has 2 aromatic rings. The number of carboxylic acid groups (broad SMARTS) is 1. The summed E-state index contributed by atoms with van der Waals surface area (Å²) in [6.07, 6.45) is 3.17. The Bertz CT molecular complexity index is 631. The maximum Gasteiger partial charge on any atom is 0.335 e. The van der Waals surface area contributed by atoms with Crippen LogP contribution in [0.25, 0.3) is 0 Å². The minimum Gasteiger partial charge on any atom is -0.478 e. The van der Waals surface area contributed by atoms with Gasteiger partial charge in [-0.25, -0.2) is 4.79 Å². The maximum atomic E-state index is 11.0. The van der Waals surface area contributed by atoms with E-state index in [1.807, 2.05) is 0 Å². The van der Waals surface area contributed by atoms with Gasteiger partial charge in [-0.3, -0.25) is 15.1 Å². The Morgan fingerprint density at radius 2 is 1.95 bits per heavy atom. The van der Waals surface area contributed by atoms with Crippen LogP contribution >= 0.6 is 11.8 Å². The van der Waals surface area contributed by atoms with Gasteiger partial charge in [-0.05, 0) is 24.3 Å². The Labute approximate surface area is 112 Å². The molecule has 0 aliphatic heterocycles. The summed E-state index contributed by atoms with van der Waals surface area (Å²) in [6.45, 7) is 0.